The van der Waals surface area contributed by atoms with E-state index < -0.39 is 0 Å². The van der Waals surface area contributed by atoms with Crippen molar-refractivity contribution < 1.29 is 14.3 Å². The number of carbonyl (C=O) groups excluding carboxylic acids is 2. The van der Waals surface area contributed by atoms with E-state index in [1.165, 1.54) is 25.7 Å². The van der Waals surface area contributed by atoms with E-state index in [1.807, 2.05) is 12.4 Å². The van der Waals surface area contributed by atoms with Crippen molar-refractivity contribution in [3.63, 3.8) is 0 Å². The summed E-state index contributed by atoms with van der Waals surface area (Å²) in [6.07, 6.45) is 9.48. The molecule has 0 atom stereocenters. The van der Waals surface area contributed by atoms with Gasteiger partial charge in [0.2, 0.25) is 0 Å². The average Bonchev–Trinajstić information content (AvgIpc) is 3.37. The first-order chi connectivity index (χ1) is 13.7. The summed E-state index contributed by atoms with van der Waals surface area (Å²) in [5.74, 6) is -0.139. The third-order valence-corrected chi connectivity index (χ3v) is 5.75. The fraction of sp³-hybridized carbons (Fsp3) is 0.600. The normalized spacial score (nSPS) is 18.5. The lowest BCUT2D eigenvalue weighted by molar-refractivity contribution is 0.0860. The van der Waals surface area contributed by atoms with Crippen LogP contribution < -0.4 is 5.32 Å². The van der Waals surface area contributed by atoms with Gasteiger partial charge in [-0.2, -0.15) is 0 Å². The van der Waals surface area contributed by atoms with Gasteiger partial charge in [0.25, 0.3) is 5.91 Å². The molecular weight excluding hydrogens is 358 g/mol. The number of likely N-dealkylation sites (tertiary alicyclic amines) is 1. The Morgan fingerprint density at radius 1 is 1.18 bits per heavy atom. The molecule has 1 saturated carbocycles. The molecule has 0 aromatic carbocycles. The number of ether oxygens (including phenoxy) is 1. The van der Waals surface area contributed by atoms with E-state index in [-0.39, 0.29) is 18.0 Å². The minimum atomic E-state index is -0.278. The molecule has 0 unspecified atom stereocenters. The van der Waals surface area contributed by atoms with E-state index in [0.29, 0.717) is 31.3 Å². The summed E-state index contributed by atoms with van der Waals surface area (Å²) in [5.41, 5.74) is 2.14. The standard InChI is InChI=1S/C20H27N5O3/c1-2-28-20(27)24-9-7-15(8-10-24)23-19(26)14-11-17-18(21-12-14)25(13-22-17)16-5-3-4-6-16/h11-13,15-16H,2-10H2,1H3,(H,23,26). The number of nitrogens with one attached hydrogen (secondary N) is 1. The number of imidazole rings is 1. The number of fused-ring (bicyclic) bond motifs is 1. The molecule has 4 rings (SSSR count). The van der Waals surface area contributed by atoms with Gasteiger partial charge in [-0.3, -0.25) is 4.79 Å². The van der Waals surface area contributed by atoms with Crippen molar-refractivity contribution in [2.75, 3.05) is 19.7 Å². The number of nitrogens with zero attached hydrogens (tertiary/aromatic N) is 4. The van der Waals surface area contributed by atoms with E-state index in [2.05, 4.69) is 19.9 Å². The summed E-state index contributed by atoms with van der Waals surface area (Å²) in [4.78, 5) is 35.1. The zero-order chi connectivity index (χ0) is 19.5. The molecule has 28 heavy (non-hydrogen) atoms. The first-order valence-electron chi connectivity index (χ1n) is 10.2. The van der Waals surface area contributed by atoms with E-state index in [9.17, 15) is 9.59 Å². The molecular formula is C20H27N5O3. The van der Waals surface area contributed by atoms with Gasteiger partial charge in [0, 0.05) is 31.4 Å². The summed E-state index contributed by atoms with van der Waals surface area (Å²) in [6.45, 7) is 3.35. The number of carbonyl (C=O) groups is 2. The Labute approximate surface area is 164 Å². The largest absolute Gasteiger partial charge is 0.450 e. The second-order valence-electron chi connectivity index (χ2n) is 7.59. The van der Waals surface area contributed by atoms with Gasteiger partial charge in [-0.1, -0.05) is 12.8 Å². The first kappa shape index (κ1) is 18.7. The van der Waals surface area contributed by atoms with Crippen LogP contribution in [-0.4, -0.2) is 57.2 Å². The van der Waals surface area contributed by atoms with Gasteiger partial charge in [0.15, 0.2) is 5.65 Å². The van der Waals surface area contributed by atoms with Crippen LogP contribution in [0.2, 0.25) is 0 Å². The molecule has 2 aliphatic rings. The fourth-order valence-corrected chi connectivity index (χ4v) is 4.18. The maximum absolute atomic E-state index is 12.6. The van der Waals surface area contributed by atoms with Gasteiger partial charge in [-0.15, -0.1) is 0 Å². The molecule has 2 aromatic rings. The molecule has 8 nitrogen and oxygen atoms in total. The zero-order valence-electron chi connectivity index (χ0n) is 16.3. The van der Waals surface area contributed by atoms with Crippen molar-refractivity contribution in [1.29, 1.82) is 0 Å². The van der Waals surface area contributed by atoms with E-state index in [0.717, 1.165) is 24.0 Å². The molecule has 150 valence electrons. The van der Waals surface area contributed by atoms with Crippen LogP contribution in [0.1, 0.15) is 61.8 Å². The van der Waals surface area contributed by atoms with Gasteiger partial charge in [-0.05, 0) is 38.7 Å². The molecule has 2 aromatic heterocycles. The fourth-order valence-electron chi connectivity index (χ4n) is 4.18. The van der Waals surface area contributed by atoms with Crippen LogP contribution in [0.25, 0.3) is 11.2 Å². The molecule has 0 bridgehead atoms. The molecule has 2 amide bonds. The van der Waals surface area contributed by atoms with Crippen LogP contribution in [0.4, 0.5) is 4.79 Å². The Kier molecular flexibility index (Phi) is 5.45. The summed E-state index contributed by atoms with van der Waals surface area (Å²) in [6, 6.07) is 2.34. The number of aromatic nitrogens is 3. The molecule has 2 fully saturated rings. The highest BCUT2D eigenvalue weighted by Crippen LogP contribution is 2.31. The zero-order valence-corrected chi connectivity index (χ0v) is 16.3. The molecule has 0 radical (unpaired) electrons. The summed E-state index contributed by atoms with van der Waals surface area (Å²) < 4.78 is 7.18. The second-order valence-corrected chi connectivity index (χ2v) is 7.59. The van der Waals surface area contributed by atoms with Crippen LogP contribution in [0, 0.1) is 0 Å². The van der Waals surface area contributed by atoms with Gasteiger partial charge in [-0.25, -0.2) is 14.8 Å². The number of hydrogen-bond donors (Lipinski definition) is 1. The minimum Gasteiger partial charge on any atom is -0.450 e. The Morgan fingerprint density at radius 3 is 2.64 bits per heavy atom. The van der Waals surface area contributed by atoms with Crippen molar-refractivity contribution in [2.45, 2.75) is 57.5 Å². The predicted molar refractivity (Wildman–Crippen MR) is 104 cm³/mol. The Balaban J connectivity index is 1.37. The van der Waals surface area contributed by atoms with E-state index >= 15 is 0 Å². The molecule has 8 heteroatoms. The van der Waals surface area contributed by atoms with Crippen LogP contribution in [0.5, 0.6) is 0 Å². The highest BCUT2D eigenvalue weighted by Gasteiger charge is 2.25. The van der Waals surface area contributed by atoms with Crippen molar-refractivity contribution in [3.05, 3.63) is 24.2 Å². The van der Waals surface area contributed by atoms with Crippen molar-refractivity contribution in [1.82, 2.24) is 24.8 Å². The van der Waals surface area contributed by atoms with Gasteiger partial charge in [0.1, 0.15) is 5.52 Å². The molecule has 3 heterocycles. The van der Waals surface area contributed by atoms with Crippen molar-refractivity contribution >= 4 is 23.2 Å². The maximum atomic E-state index is 12.6. The number of hydrogen-bond acceptors (Lipinski definition) is 5. The third kappa shape index (κ3) is 3.81. The second kappa shape index (κ2) is 8.16. The highest BCUT2D eigenvalue weighted by atomic mass is 16.6. The van der Waals surface area contributed by atoms with E-state index in [1.54, 1.807) is 18.0 Å². The third-order valence-electron chi connectivity index (χ3n) is 5.75. The van der Waals surface area contributed by atoms with E-state index in [4.69, 9.17) is 4.74 Å². The minimum absolute atomic E-state index is 0.0462. The van der Waals surface area contributed by atoms with Crippen LogP contribution in [0.3, 0.4) is 0 Å². The lowest BCUT2D eigenvalue weighted by Gasteiger charge is -2.31. The van der Waals surface area contributed by atoms with Gasteiger partial charge in [0.05, 0.1) is 18.5 Å². The average molecular weight is 385 g/mol. The molecule has 1 saturated heterocycles. The molecule has 1 N–H and O–H groups in total. The quantitative estimate of drug-likeness (QED) is 0.874. The monoisotopic (exact) mass is 385 g/mol. The van der Waals surface area contributed by atoms with Crippen molar-refractivity contribution in [3.8, 4) is 0 Å². The summed E-state index contributed by atoms with van der Waals surface area (Å²) in [5, 5.41) is 3.06. The molecule has 1 aliphatic carbocycles. The molecule has 0 spiro atoms. The topological polar surface area (TPSA) is 89.3 Å². The number of amides is 2. The Bertz CT molecular complexity index is 851. The number of rotatable bonds is 4. The van der Waals surface area contributed by atoms with Crippen LogP contribution in [-0.2, 0) is 4.74 Å². The Morgan fingerprint density at radius 2 is 1.93 bits per heavy atom. The van der Waals surface area contributed by atoms with Crippen LogP contribution in [0.15, 0.2) is 18.6 Å². The summed E-state index contributed by atoms with van der Waals surface area (Å²) >= 11 is 0. The number of pyridine rings is 1. The SMILES string of the molecule is CCOC(=O)N1CCC(NC(=O)c2cnc3c(c2)ncn3C2CCCC2)CC1. The summed E-state index contributed by atoms with van der Waals surface area (Å²) in [7, 11) is 0. The van der Waals surface area contributed by atoms with Gasteiger partial charge < -0.3 is 19.5 Å². The predicted octanol–water partition coefficient (Wildman–Crippen LogP) is 2.90. The van der Waals surface area contributed by atoms with Gasteiger partial charge >= 0.3 is 6.09 Å². The number of piperidine rings is 1. The van der Waals surface area contributed by atoms with Crippen molar-refractivity contribution in [2.24, 2.45) is 0 Å². The molecule has 1 aliphatic heterocycles. The first-order valence-corrected chi connectivity index (χ1v) is 10.2. The maximum Gasteiger partial charge on any atom is 0.409 e. The highest BCUT2D eigenvalue weighted by molar-refractivity contribution is 5.96. The van der Waals surface area contributed by atoms with Crippen LogP contribution >= 0.6 is 0 Å². The Hall–Kier alpha value is -2.64. The lowest BCUT2D eigenvalue weighted by atomic mass is 10.0. The lowest BCUT2D eigenvalue weighted by Crippen LogP contribution is -2.46. The smallest absolute Gasteiger partial charge is 0.409 e.